The van der Waals surface area contributed by atoms with Gasteiger partial charge in [-0.1, -0.05) is 106 Å². The Morgan fingerprint density at radius 1 is 0.800 bits per heavy atom. The number of aliphatic hydroxyl groups is 1. The second kappa shape index (κ2) is 28.2. The number of likely N-dealkylation sites (N-methyl/N-ethyl adjacent to an activating group) is 1. The third kappa shape index (κ3) is 30.4. The first kappa shape index (κ1) is 42.9. The Labute approximate surface area is 274 Å². The number of amides is 1. The van der Waals surface area contributed by atoms with Gasteiger partial charge in [0.1, 0.15) is 13.2 Å². The average molecular weight is 651 g/mol. The van der Waals surface area contributed by atoms with Crippen LogP contribution in [0.4, 0.5) is 0 Å². The van der Waals surface area contributed by atoms with Crippen LogP contribution in [0, 0.1) is 0 Å². The third-order valence-corrected chi connectivity index (χ3v) is 7.63. The number of carbonyl (C=O) groups excluding carboxylic acids is 1. The molecule has 0 aromatic rings. The maximum absolute atomic E-state index is 12.7. The molecular formula is C36H63N2O6P. The Morgan fingerprint density at radius 3 is 2.00 bits per heavy atom. The number of carbonyl (C=O) groups is 1. The van der Waals surface area contributed by atoms with Gasteiger partial charge in [-0.25, -0.2) is 0 Å². The molecule has 3 unspecified atom stereocenters. The second-order valence-electron chi connectivity index (χ2n) is 12.1. The zero-order valence-corrected chi connectivity index (χ0v) is 29.7. The van der Waals surface area contributed by atoms with Crippen LogP contribution in [0.2, 0.25) is 0 Å². The number of quaternary nitrogens is 1. The molecular weight excluding hydrogens is 587 g/mol. The van der Waals surface area contributed by atoms with E-state index < -0.39 is 26.6 Å². The van der Waals surface area contributed by atoms with Crippen molar-refractivity contribution in [3.63, 3.8) is 0 Å². The van der Waals surface area contributed by atoms with Crippen LogP contribution in [0.3, 0.4) is 0 Å². The molecule has 0 fully saturated rings. The zero-order chi connectivity index (χ0) is 33.7. The third-order valence-electron chi connectivity index (χ3n) is 6.66. The molecule has 45 heavy (non-hydrogen) atoms. The summed E-state index contributed by atoms with van der Waals surface area (Å²) in [4.78, 5) is 25.0. The number of phosphoric acid groups is 1. The summed E-state index contributed by atoms with van der Waals surface area (Å²) in [5.74, 6) is -0.295. The summed E-state index contributed by atoms with van der Waals surface area (Å²) in [6.45, 7) is 4.35. The number of unbranched alkanes of at least 4 members (excludes halogenated alkanes) is 5. The number of nitrogens with one attached hydrogen (secondary N) is 1. The lowest BCUT2D eigenvalue weighted by Gasteiger charge is -2.29. The van der Waals surface area contributed by atoms with Crippen molar-refractivity contribution in [1.29, 1.82) is 0 Å². The minimum absolute atomic E-state index is 0.0231. The van der Waals surface area contributed by atoms with Crippen LogP contribution in [0.5, 0.6) is 0 Å². The van der Waals surface area contributed by atoms with Crippen molar-refractivity contribution >= 4 is 13.7 Å². The second-order valence-corrected chi connectivity index (χ2v) is 13.5. The maximum atomic E-state index is 12.7. The molecule has 0 radical (unpaired) electrons. The summed E-state index contributed by atoms with van der Waals surface area (Å²) in [7, 11) is 1.18. The average Bonchev–Trinajstić information content (AvgIpc) is 2.97. The molecule has 1 amide bonds. The van der Waals surface area contributed by atoms with E-state index in [2.05, 4.69) is 67.8 Å². The molecule has 9 heteroatoms. The van der Waals surface area contributed by atoms with E-state index in [1.807, 2.05) is 39.4 Å². The van der Waals surface area contributed by atoms with Crippen molar-refractivity contribution < 1.29 is 32.9 Å². The highest BCUT2D eigenvalue weighted by molar-refractivity contribution is 7.45. The van der Waals surface area contributed by atoms with Crippen molar-refractivity contribution in [2.75, 3.05) is 40.9 Å². The topological polar surface area (TPSA) is 108 Å². The van der Waals surface area contributed by atoms with E-state index >= 15 is 0 Å². The molecule has 0 saturated carbocycles. The number of hydrogen-bond donors (Lipinski definition) is 2. The van der Waals surface area contributed by atoms with E-state index in [0.29, 0.717) is 17.4 Å². The molecule has 0 aliphatic rings. The molecule has 0 rings (SSSR count). The van der Waals surface area contributed by atoms with Crippen LogP contribution in [0.15, 0.2) is 72.9 Å². The zero-order valence-electron chi connectivity index (χ0n) is 28.8. The van der Waals surface area contributed by atoms with E-state index in [4.69, 9.17) is 9.05 Å². The van der Waals surface area contributed by atoms with Crippen molar-refractivity contribution in [1.82, 2.24) is 5.32 Å². The van der Waals surface area contributed by atoms with Crippen molar-refractivity contribution in [2.24, 2.45) is 0 Å². The fraction of sp³-hybridized carbons (Fsp3) is 0.639. The molecule has 0 saturated heterocycles. The molecule has 0 aromatic carbocycles. The van der Waals surface area contributed by atoms with Gasteiger partial charge >= 0.3 is 0 Å². The predicted molar refractivity (Wildman–Crippen MR) is 187 cm³/mol. The fourth-order valence-corrected chi connectivity index (χ4v) is 4.66. The smallest absolute Gasteiger partial charge is 0.268 e. The summed E-state index contributed by atoms with van der Waals surface area (Å²) < 4.78 is 22.9. The van der Waals surface area contributed by atoms with E-state index in [-0.39, 0.29) is 18.9 Å². The first-order valence-electron chi connectivity index (χ1n) is 16.8. The Kier molecular flexibility index (Phi) is 26.9. The minimum atomic E-state index is -4.60. The van der Waals surface area contributed by atoms with Gasteiger partial charge in [-0.3, -0.25) is 9.36 Å². The highest BCUT2D eigenvalue weighted by atomic mass is 31.2. The van der Waals surface area contributed by atoms with E-state index in [1.54, 1.807) is 6.08 Å². The molecule has 0 aliphatic carbocycles. The summed E-state index contributed by atoms with van der Waals surface area (Å²) in [6.07, 6.45) is 35.4. The Morgan fingerprint density at radius 2 is 1.38 bits per heavy atom. The SMILES string of the molecule is CC/C=C\C/C=C\C/C=C\C/C=C\CCC(=O)NC(COP(=O)([O-])OCC[N+](C)(C)C)C(O)/C=C/CC/C=C/CCCCCC. The highest BCUT2D eigenvalue weighted by Gasteiger charge is 2.23. The molecule has 8 nitrogen and oxygen atoms in total. The van der Waals surface area contributed by atoms with Crippen LogP contribution in [0.25, 0.3) is 0 Å². The first-order chi connectivity index (χ1) is 21.5. The Balaban J connectivity index is 4.82. The first-order valence-corrected chi connectivity index (χ1v) is 18.3. The Bertz CT molecular complexity index is 965. The molecule has 0 bridgehead atoms. The van der Waals surface area contributed by atoms with Gasteiger partial charge in [0.05, 0.1) is 39.9 Å². The summed E-state index contributed by atoms with van der Waals surface area (Å²) in [5.41, 5.74) is 0. The van der Waals surface area contributed by atoms with E-state index in [9.17, 15) is 19.4 Å². The number of aliphatic hydroxyl groups excluding tert-OH is 1. The lowest BCUT2D eigenvalue weighted by molar-refractivity contribution is -0.870. The monoisotopic (exact) mass is 650 g/mol. The van der Waals surface area contributed by atoms with Crippen LogP contribution in [-0.4, -0.2) is 68.5 Å². The maximum Gasteiger partial charge on any atom is 0.268 e. The van der Waals surface area contributed by atoms with Gasteiger partial charge < -0.3 is 28.8 Å². The molecule has 0 spiro atoms. The normalized spacial score (nSPS) is 15.8. The highest BCUT2D eigenvalue weighted by Crippen LogP contribution is 2.38. The van der Waals surface area contributed by atoms with Crippen molar-refractivity contribution in [3.05, 3.63) is 72.9 Å². The van der Waals surface area contributed by atoms with Gasteiger partial charge in [0.2, 0.25) is 5.91 Å². The van der Waals surface area contributed by atoms with Crippen LogP contribution in [-0.2, 0) is 18.4 Å². The number of nitrogens with zero attached hydrogens (tertiary/aromatic N) is 1. The van der Waals surface area contributed by atoms with E-state index in [0.717, 1.165) is 44.9 Å². The number of hydrogen-bond acceptors (Lipinski definition) is 6. The predicted octanol–water partition coefficient (Wildman–Crippen LogP) is 7.49. The van der Waals surface area contributed by atoms with Gasteiger partial charge in [-0.05, 0) is 57.8 Å². The molecule has 3 atom stereocenters. The molecule has 2 N–H and O–H groups in total. The van der Waals surface area contributed by atoms with Crippen molar-refractivity contribution in [3.8, 4) is 0 Å². The van der Waals surface area contributed by atoms with Gasteiger partial charge in [0.15, 0.2) is 0 Å². The molecule has 0 heterocycles. The summed E-state index contributed by atoms with van der Waals surface area (Å²) in [6, 6.07) is -0.940. The van der Waals surface area contributed by atoms with Crippen molar-refractivity contribution in [2.45, 2.75) is 109 Å². The lowest BCUT2D eigenvalue weighted by atomic mass is 10.1. The lowest BCUT2D eigenvalue weighted by Crippen LogP contribution is -2.45. The molecule has 0 aliphatic heterocycles. The number of allylic oxidation sites excluding steroid dienone is 11. The van der Waals surface area contributed by atoms with Gasteiger partial charge in [0.25, 0.3) is 7.82 Å². The standard InChI is InChI=1S/C36H63N2O6P/c1-6-8-10-12-14-16-18-19-20-22-24-26-28-30-36(40)37-34(33-44-45(41,42)43-32-31-38(3,4)5)35(39)29-27-25-23-21-17-15-13-11-9-7-2/h8,10,14,16-17,19-21,24,26-27,29,34-35,39H,6-7,9,11-13,15,18,22-23,25,28,30-33H2,1-5H3,(H-,37,40,41,42)/b10-8-,16-14-,20-19-,21-17+,26-24-,29-27+. The van der Waals surface area contributed by atoms with Gasteiger partial charge in [-0.15, -0.1) is 0 Å². The number of phosphoric ester groups is 1. The van der Waals surface area contributed by atoms with Crippen LogP contribution in [0.1, 0.15) is 97.3 Å². The largest absolute Gasteiger partial charge is 0.756 e. The molecule has 0 aromatic heterocycles. The summed E-state index contributed by atoms with van der Waals surface area (Å²) in [5, 5.41) is 13.5. The summed E-state index contributed by atoms with van der Waals surface area (Å²) >= 11 is 0. The fourth-order valence-electron chi connectivity index (χ4n) is 3.94. The number of rotatable bonds is 28. The minimum Gasteiger partial charge on any atom is -0.756 e. The van der Waals surface area contributed by atoms with E-state index in [1.165, 1.54) is 25.7 Å². The Hall–Kier alpha value is -2.06. The van der Waals surface area contributed by atoms with Crippen LogP contribution >= 0.6 is 7.82 Å². The van der Waals surface area contributed by atoms with Gasteiger partial charge in [-0.2, -0.15) is 0 Å². The van der Waals surface area contributed by atoms with Gasteiger partial charge in [0, 0.05) is 6.42 Å². The van der Waals surface area contributed by atoms with Crippen LogP contribution < -0.4 is 10.2 Å². The molecule has 258 valence electrons. The quantitative estimate of drug-likeness (QED) is 0.0393.